The first-order valence-corrected chi connectivity index (χ1v) is 7.84. The zero-order valence-corrected chi connectivity index (χ0v) is 13.5. The van der Waals surface area contributed by atoms with Crippen LogP contribution in [-0.2, 0) is 16.1 Å². The van der Waals surface area contributed by atoms with Gasteiger partial charge >= 0.3 is 5.97 Å². The van der Waals surface area contributed by atoms with Gasteiger partial charge in [-0.15, -0.1) is 0 Å². The summed E-state index contributed by atoms with van der Waals surface area (Å²) in [6.07, 6.45) is 1.70. The third-order valence-corrected chi connectivity index (χ3v) is 4.29. The van der Waals surface area contributed by atoms with Crippen molar-refractivity contribution in [1.29, 1.82) is 0 Å². The van der Waals surface area contributed by atoms with Crippen molar-refractivity contribution in [2.75, 3.05) is 20.1 Å². The van der Waals surface area contributed by atoms with Crippen LogP contribution in [0.25, 0.3) is 0 Å². The summed E-state index contributed by atoms with van der Waals surface area (Å²) in [6.45, 7) is 3.21. The number of hydrogen-bond acceptors (Lipinski definition) is 3. The molecule has 0 spiro atoms. The van der Waals surface area contributed by atoms with Crippen molar-refractivity contribution in [2.45, 2.75) is 32.4 Å². The molecule has 0 radical (unpaired) electrons. The molecule has 1 fully saturated rings. The number of rotatable bonds is 6. The van der Waals surface area contributed by atoms with Gasteiger partial charge in [0.25, 0.3) is 0 Å². The van der Waals surface area contributed by atoms with Gasteiger partial charge in [-0.05, 0) is 37.1 Å². The molecule has 0 aliphatic carbocycles. The highest BCUT2D eigenvalue weighted by Crippen LogP contribution is 2.22. The van der Waals surface area contributed by atoms with Gasteiger partial charge in [-0.2, -0.15) is 0 Å². The van der Waals surface area contributed by atoms with Crippen LogP contribution in [0.15, 0.2) is 24.3 Å². The van der Waals surface area contributed by atoms with E-state index in [1.165, 1.54) is 17.0 Å². The van der Waals surface area contributed by atoms with Crippen molar-refractivity contribution in [1.82, 2.24) is 9.80 Å². The zero-order chi connectivity index (χ0) is 17.0. The molecule has 0 bridgehead atoms. The van der Waals surface area contributed by atoms with E-state index in [9.17, 15) is 14.0 Å². The van der Waals surface area contributed by atoms with Crippen LogP contribution in [-0.4, -0.2) is 53.0 Å². The number of halogens is 1. The zero-order valence-electron chi connectivity index (χ0n) is 13.5. The van der Waals surface area contributed by atoms with Crippen LogP contribution in [0.2, 0.25) is 0 Å². The maximum atomic E-state index is 13.0. The van der Waals surface area contributed by atoms with Crippen LogP contribution in [0.5, 0.6) is 0 Å². The molecule has 23 heavy (non-hydrogen) atoms. The van der Waals surface area contributed by atoms with Crippen molar-refractivity contribution in [3.63, 3.8) is 0 Å². The van der Waals surface area contributed by atoms with E-state index in [2.05, 4.69) is 4.90 Å². The molecule has 1 aliphatic rings. The Morgan fingerprint density at radius 2 is 2.04 bits per heavy atom. The number of amides is 1. The van der Waals surface area contributed by atoms with E-state index < -0.39 is 11.9 Å². The Labute approximate surface area is 135 Å². The van der Waals surface area contributed by atoms with E-state index in [1.54, 1.807) is 26.1 Å². The minimum Gasteiger partial charge on any atom is -0.481 e. The van der Waals surface area contributed by atoms with Gasteiger partial charge in [0.1, 0.15) is 5.82 Å². The van der Waals surface area contributed by atoms with Crippen molar-refractivity contribution >= 4 is 11.9 Å². The molecule has 6 heteroatoms. The van der Waals surface area contributed by atoms with Crippen LogP contribution in [0.3, 0.4) is 0 Å². The monoisotopic (exact) mass is 322 g/mol. The third kappa shape index (κ3) is 4.51. The summed E-state index contributed by atoms with van der Waals surface area (Å²) < 4.78 is 13.0. The van der Waals surface area contributed by atoms with E-state index >= 15 is 0 Å². The molecule has 126 valence electrons. The fourth-order valence-electron chi connectivity index (χ4n) is 2.95. The molecule has 1 saturated heterocycles. The van der Waals surface area contributed by atoms with Crippen LogP contribution in [0, 0.1) is 11.7 Å². The Hall–Kier alpha value is -1.95. The highest BCUT2D eigenvalue weighted by Gasteiger charge is 2.33. The highest BCUT2D eigenvalue weighted by atomic mass is 19.1. The number of likely N-dealkylation sites (N-methyl/N-ethyl adjacent to an activating group) is 1. The highest BCUT2D eigenvalue weighted by molar-refractivity contribution is 5.82. The molecular weight excluding hydrogens is 299 g/mol. The number of aliphatic carboxylic acids is 1. The number of carboxylic acids is 1. The molecule has 1 aliphatic heterocycles. The predicted molar refractivity (Wildman–Crippen MR) is 84.3 cm³/mol. The molecule has 2 rings (SSSR count). The van der Waals surface area contributed by atoms with Crippen molar-refractivity contribution in [2.24, 2.45) is 5.92 Å². The predicted octanol–water partition coefficient (Wildman–Crippen LogP) is 1.97. The number of benzene rings is 1. The quantitative estimate of drug-likeness (QED) is 0.870. The first-order valence-electron chi connectivity index (χ1n) is 7.84. The van der Waals surface area contributed by atoms with Gasteiger partial charge in [-0.1, -0.05) is 19.1 Å². The maximum absolute atomic E-state index is 13.0. The third-order valence-electron chi connectivity index (χ3n) is 4.29. The minimum absolute atomic E-state index is 0.0438. The topological polar surface area (TPSA) is 60.9 Å². The molecule has 1 amide bonds. The number of carboxylic acid groups (broad SMARTS) is 1. The second-order valence-electron chi connectivity index (χ2n) is 6.21. The van der Waals surface area contributed by atoms with Crippen molar-refractivity contribution < 1.29 is 19.1 Å². The fourth-order valence-corrected chi connectivity index (χ4v) is 2.95. The Morgan fingerprint density at radius 3 is 2.65 bits per heavy atom. The molecular formula is C17H23FN2O3. The maximum Gasteiger partial charge on any atom is 0.308 e. The number of carbonyl (C=O) groups is 2. The number of carbonyl (C=O) groups excluding carboxylic acids is 1. The van der Waals surface area contributed by atoms with Crippen LogP contribution in [0.1, 0.15) is 25.3 Å². The van der Waals surface area contributed by atoms with E-state index in [1.807, 2.05) is 0 Å². The Bertz CT molecular complexity index is 561. The summed E-state index contributed by atoms with van der Waals surface area (Å²) in [5.74, 6) is -1.81. The van der Waals surface area contributed by atoms with Crippen LogP contribution in [0.4, 0.5) is 4.39 Å². The average Bonchev–Trinajstić information content (AvgIpc) is 2.96. The second kappa shape index (κ2) is 7.55. The molecule has 1 heterocycles. The summed E-state index contributed by atoms with van der Waals surface area (Å²) in [5.41, 5.74) is 0.965. The number of likely N-dealkylation sites (tertiary alicyclic amines) is 1. The van der Waals surface area contributed by atoms with Gasteiger partial charge in [-0.25, -0.2) is 4.39 Å². The van der Waals surface area contributed by atoms with Crippen molar-refractivity contribution in [3.8, 4) is 0 Å². The van der Waals surface area contributed by atoms with Gasteiger partial charge < -0.3 is 10.0 Å². The Morgan fingerprint density at radius 1 is 1.39 bits per heavy atom. The molecule has 1 aromatic rings. The second-order valence-corrected chi connectivity index (χ2v) is 6.21. The summed E-state index contributed by atoms with van der Waals surface area (Å²) in [5, 5.41) is 8.97. The van der Waals surface area contributed by atoms with E-state index in [4.69, 9.17) is 5.11 Å². The lowest BCUT2D eigenvalue weighted by Crippen LogP contribution is -2.45. The molecule has 2 unspecified atom stereocenters. The first-order chi connectivity index (χ1) is 10.9. The van der Waals surface area contributed by atoms with Gasteiger partial charge in [0.2, 0.25) is 5.91 Å². The standard InChI is InChI=1S/C17H23FN2O3/c1-12(17(22)23)10-19(2)16(21)15-4-3-9-20(15)11-13-5-7-14(18)8-6-13/h5-8,12,15H,3-4,9-11H2,1-2H3,(H,22,23). The Kier molecular flexibility index (Phi) is 5.71. The van der Waals surface area contributed by atoms with Gasteiger partial charge in [0, 0.05) is 20.1 Å². The van der Waals surface area contributed by atoms with Gasteiger partial charge in [0.15, 0.2) is 0 Å². The number of nitrogens with zero attached hydrogens (tertiary/aromatic N) is 2. The Balaban J connectivity index is 1.98. The first kappa shape index (κ1) is 17.4. The summed E-state index contributed by atoms with van der Waals surface area (Å²) in [4.78, 5) is 27.1. The largest absolute Gasteiger partial charge is 0.481 e. The molecule has 0 aromatic heterocycles. The summed E-state index contributed by atoms with van der Waals surface area (Å²) >= 11 is 0. The molecule has 1 aromatic carbocycles. The number of hydrogen-bond donors (Lipinski definition) is 1. The summed E-state index contributed by atoms with van der Waals surface area (Å²) in [6, 6.07) is 6.06. The molecule has 2 atom stereocenters. The summed E-state index contributed by atoms with van der Waals surface area (Å²) in [7, 11) is 1.65. The van der Waals surface area contributed by atoms with Gasteiger partial charge in [0.05, 0.1) is 12.0 Å². The van der Waals surface area contributed by atoms with Gasteiger partial charge in [-0.3, -0.25) is 14.5 Å². The van der Waals surface area contributed by atoms with Crippen molar-refractivity contribution in [3.05, 3.63) is 35.6 Å². The van der Waals surface area contributed by atoms with Crippen LogP contribution >= 0.6 is 0 Å². The molecule has 5 nitrogen and oxygen atoms in total. The fraction of sp³-hybridized carbons (Fsp3) is 0.529. The lowest BCUT2D eigenvalue weighted by atomic mass is 10.1. The average molecular weight is 322 g/mol. The lowest BCUT2D eigenvalue weighted by molar-refractivity contribution is -0.143. The van der Waals surface area contributed by atoms with Crippen LogP contribution < -0.4 is 0 Å². The smallest absolute Gasteiger partial charge is 0.308 e. The molecule has 0 saturated carbocycles. The lowest BCUT2D eigenvalue weighted by Gasteiger charge is -2.28. The normalized spacial score (nSPS) is 19.5. The SMILES string of the molecule is CC(CN(C)C(=O)C1CCCN1Cc1ccc(F)cc1)C(=O)O. The molecule has 1 N–H and O–H groups in total. The minimum atomic E-state index is -0.903. The van der Waals surface area contributed by atoms with E-state index in [0.717, 1.165) is 24.9 Å². The van der Waals surface area contributed by atoms with E-state index in [0.29, 0.717) is 6.54 Å². The van der Waals surface area contributed by atoms with E-state index in [-0.39, 0.29) is 24.3 Å².